The van der Waals surface area contributed by atoms with Gasteiger partial charge in [0.1, 0.15) is 6.10 Å². The van der Waals surface area contributed by atoms with Crippen LogP contribution in [0, 0.1) is 0 Å². The molecule has 0 bridgehead atoms. The van der Waals surface area contributed by atoms with Crippen molar-refractivity contribution in [2.45, 2.75) is 58.7 Å². The van der Waals surface area contributed by atoms with E-state index in [0.29, 0.717) is 25.7 Å². The molecule has 0 aromatic heterocycles. The summed E-state index contributed by atoms with van der Waals surface area (Å²) in [5, 5.41) is 12.0. The summed E-state index contributed by atoms with van der Waals surface area (Å²) in [6.07, 6.45) is 1.32. The molecular weight excluding hydrogens is 497 g/mol. The lowest BCUT2D eigenvalue weighted by Crippen LogP contribution is -2.48. The maximum atomic E-state index is 12.2. The number of carbonyl (C=O) groups is 2. The first-order valence-electron chi connectivity index (χ1n) is 10.1. The minimum absolute atomic E-state index is 0. The van der Waals surface area contributed by atoms with Crippen molar-refractivity contribution in [2.75, 3.05) is 25.0 Å². The van der Waals surface area contributed by atoms with Gasteiger partial charge in [0, 0.05) is 24.4 Å². The molecule has 1 aliphatic heterocycles. The lowest BCUT2D eigenvalue weighted by atomic mass is 10.1. The van der Waals surface area contributed by atoms with Crippen LogP contribution in [0.15, 0.2) is 29.3 Å². The van der Waals surface area contributed by atoms with Crippen molar-refractivity contribution in [3.05, 3.63) is 29.8 Å². The van der Waals surface area contributed by atoms with Gasteiger partial charge in [-0.15, -0.1) is 24.0 Å². The third-order valence-electron chi connectivity index (χ3n) is 4.11. The van der Waals surface area contributed by atoms with E-state index in [-0.39, 0.29) is 54.0 Å². The molecule has 1 aromatic rings. The summed E-state index contributed by atoms with van der Waals surface area (Å²) in [5.41, 5.74) is 1.40. The molecule has 2 rings (SSSR count). The highest BCUT2D eigenvalue weighted by Gasteiger charge is 2.23. The third-order valence-corrected chi connectivity index (χ3v) is 4.11. The standard InChI is InChI=1S/C21H33N5O3.HI/c1-5-22-20(24-14-18(27)26-21(2,3)4)23-13-15-8-6-9-16(12-15)25-19(28)17-10-7-11-29-17;/h6,8-9,12,17H,5,7,10-11,13-14H2,1-4H3,(H,25,28)(H,26,27)(H2,22,23,24);1H. The van der Waals surface area contributed by atoms with Gasteiger partial charge in [0.25, 0.3) is 5.91 Å². The van der Waals surface area contributed by atoms with Gasteiger partial charge in [-0.25, -0.2) is 4.99 Å². The van der Waals surface area contributed by atoms with Crippen LogP contribution in [0.1, 0.15) is 46.1 Å². The predicted octanol–water partition coefficient (Wildman–Crippen LogP) is 2.39. The maximum Gasteiger partial charge on any atom is 0.253 e. The Morgan fingerprint density at radius 1 is 1.23 bits per heavy atom. The number of amides is 2. The zero-order valence-corrected chi connectivity index (χ0v) is 20.5. The number of guanidine groups is 1. The van der Waals surface area contributed by atoms with Crippen LogP contribution in [0.3, 0.4) is 0 Å². The Kier molecular flexibility index (Phi) is 11.1. The summed E-state index contributed by atoms with van der Waals surface area (Å²) in [7, 11) is 0. The number of benzene rings is 1. The van der Waals surface area contributed by atoms with Gasteiger partial charge >= 0.3 is 0 Å². The zero-order valence-electron chi connectivity index (χ0n) is 18.2. The van der Waals surface area contributed by atoms with Crippen LogP contribution >= 0.6 is 24.0 Å². The summed E-state index contributed by atoms with van der Waals surface area (Å²) in [6, 6.07) is 7.57. The first-order valence-corrected chi connectivity index (χ1v) is 10.1. The smallest absolute Gasteiger partial charge is 0.253 e. The Labute approximate surface area is 196 Å². The van der Waals surface area contributed by atoms with E-state index in [1.807, 2.05) is 52.0 Å². The number of hydrogen-bond donors (Lipinski definition) is 4. The van der Waals surface area contributed by atoms with Crippen LogP contribution < -0.4 is 21.3 Å². The molecule has 4 N–H and O–H groups in total. The molecule has 0 aliphatic carbocycles. The number of anilines is 1. The maximum absolute atomic E-state index is 12.2. The Morgan fingerprint density at radius 2 is 2.00 bits per heavy atom. The second-order valence-corrected chi connectivity index (χ2v) is 8.04. The molecule has 1 atom stereocenters. The highest BCUT2D eigenvalue weighted by Crippen LogP contribution is 2.16. The van der Waals surface area contributed by atoms with E-state index in [1.54, 1.807) is 0 Å². The van der Waals surface area contributed by atoms with E-state index in [9.17, 15) is 9.59 Å². The van der Waals surface area contributed by atoms with Gasteiger partial charge in [-0.3, -0.25) is 9.59 Å². The van der Waals surface area contributed by atoms with Crippen molar-refractivity contribution in [2.24, 2.45) is 4.99 Å². The number of nitrogens with one attached hydrogen (secondary N) is 4. The molecule has 30 heavy (non-hydrogen) atoms. The first-order chi connectivity index (χ1) is 13.8. The molecule has 8 nitrogen and oxygen atoms in total. The van der Waals surface area contributed by atoms with Crippen molar-refractivity contribution in [1.82, 2.24) is 16.0 Å². The van der Waals surface area contributed by atoms with Gasteiger partial charge in [-0.1, -0.05) is 12.1 Å². The van der Waals surface area contributed by atoms with Crippen molar-refractivity contribution in [1.29, 1.82) is 0 Å². The Bertz CT molecular complexity index is 728. The fourth-order valence-corrected chi connectivity index (χ4v) is 2.89. The summed E-state index contributed by atoms with van der Waals surface area (Å²) in [5.74, 6) is 0.357. The second-order valence-electron chi connectivity index (χ2n) is 8.04. The molecule has 1 heterocycles. The number of nitrogens with zero attached hydrogens (tertiary/aromatic N) is 1. The highest BCUT2D eigenvalue weighted by atomic mass is 127. The average molecular weight is 531 g/mol. The summed E-state index contributed by atoms with van der Waals surface area (Å²) in [6.45, 7) is 9.66. The SMILES string of the molecule is CCNC(=NCc1cccc(NC(=O)C2CCCO2)c1)NCC(=O)NC(C)(C)C.I. The van der Waals surface area contributed by atoms with Crippen molar-refractivity contribution < 1.29 is 14.3 Å². The van der Waals surface area contributed by atoms with Crippen LogP contribution in [0.5, 0.6) is 0 Å². The monoisotopic (exact) mass is 531 g/mol. The zero-order chi connectivity index (χ0) is 21.3. The molecular formula is C21H34IN5O3. The van der Waals surface area contributed by atoms with Crippen molar-refractivity contribution in [3.63, 3.8) is 0 Å². The molecule has 1 fully saturated rings. The van der Waals surface area contributed by atoms with Crippen molar-refractivity contribution >= 4 is 47.4 Å². The normalized spacial score (nSPS) is 16.4. The predicted molar refractivity (Wildman–Crippen MR) is 130 cm³/mol. The highest BCUT2D eigenvalue weighted by molar-refractivity contribution is 14.0. The fraction of sp³-hybridized carbons (Fsp3) is 0.571. The van der Waals surface area contributed by atoms with Crippen LogP contribution in [0.4, 0.5) is 5.69 Å². The molecule has 9 heteroatoms. The molecule has 2 amide bonds. The minimum atomic E-state index is -0.361. The number of carbonyl (C=O) groups excluding carboxylic acids is 2. The number of halogens is 1. The quantitative estimate of drug-likeness (QED) is 0.246. The van der Waals surface area contributed by atoms with Crippen molar-refractivity contribution in [3.8, 4) is 0 Å². The number of rotatable bonds is 7. The molecule has 0 saturated carbocycles. The third kappa shape index (κ3) is 9.75. The van der Waals surface area contributed by atoms with Crippen LogP contribution in [-0.4, -0.2) is 49.1 Å². The van der Waals surface area contributed by atoms with Gasteiger partial charge in [0.2, 0.25) is 5.91 Å². The van der Waals surface area contributed by atoms with E-state index in [1.165, 1.54) is 0 Å². The van der Waals surface area contributed by atoms with Gasteiger partial charge in [-0.05, 0) is 58.2 Å². The Morgan fingerprint density at radius 3 is 2.63 bits per heavy atom. The largest absolute Gasteiger partial charge is 0.368 e. The molecule has 0 spiro atoms. The molecule has 0 radical (unpaired) electrons. The van der Waals surface area contributed by atoms with Gasteiger partial charge in [0.15, 0.2) is 5.96 Å². The van der Waals surface area contributed by atoms with Gasteiger partial charge < -0.3 is 26.0 Å². The van der Waals surface area contributed by atoms with Crippen LogP contribution in [0.2, 0.25) is 0 Å². The van der Waals surface area contributed by atoms with E-state index in [2.05, 4.69) is 26.3 Å². The lowest BCUT2D eigenvalue weighted by Gasteiger charge is -2.21. The molecule has 1 aliphatic rings. The van der Waals surface area contributed by atoms with E-state index >= 15 is 0 Å². The van der Waals surface area contributed by atoms with Crippen LogP contribution in [0.25, 0.3) is 0 Å². The summed E-state index contributed by atoms with van der Waals surface area (Å²) >= 11 is 0. The van der Waals surface area contributed by atoms with E-state index < -0.39 is 0 Å². The topological polar surface area (TPSA) is 104 Å². The summed E-state index contributed by atoms with van der Waals surface area (Å²) < 4.78 is 5.42. The Hall–Kier alpha value is -1.88. The van der Waals surface area contributed by atoms with Gasteiger partial charge in [-0.2, -0.15) is 0 Å². The van der Waals surface area contributed by atoms with E-state index in [4.69, 9.17) is 4.74 Å². The molecule has 168 valence electrons. The van der Waals surface area contributed by atoms with Crippen LogP contribution in [-0.2, 0) is 20.9 Å². The van der Waals surface area contributed by atoms with E-state index in [0.717, 1.165) is 24.1 Å². The van der Waals surface area contributed by atoms with Gasteiger partial charge in [0.05, 0.1) is 13.1 Å². The average Bonchev–Trinajstić information content (AvgIpc) is 3.18. The molecule has 1 aromatic carbocycles. The fourth-order valence-electron chi connectivity index (χ4n) is 2.89. The lowest BCUT2D eigenvalue weighted by molar-refractivity contribution is -0.124. The molecule has 1 saturated heterocycles. The molecule has 1 unspecified atom stereocenters. The second kappa shape index (κ2) is 12.7. The summed E-state index contributed by atoms with van der Waals surface area (Å²) in [4.78, 5) is 28.7. The first kappa shape index (κ1) is 26.2. The minimum Gasteiger partial charge on any atom is -0.368 e. The number of ether oxygens (including phenoxy) is 1. The number of aliphatic imine (C=N–C) groups is 1. The number of hydrogen-bond acceptors (Lipinski definition) is 4. The Balaban J connectivity index is 0.00000450.